The van der Waals surface area contributed by atoms with E-state index in [4.69, 9.17) is 0 Å². The summed E-state index contributed by atoms with van der Waals surface area (Å²) in [5, 5.41) is 0. The molecular weight excluding hydrogens is 368 g/mol. The van der Waals surface area contributed by atoms with Crippen molar-refractivity contribution in [2.75, 3.05) is 19.6 Å². The first-order chi connectivity index (χ1) is 14.8. The molecule has 5 rings (SSSR count). The lowest BCUT2D eigenvalue weighted by Crippen LogP contribution is -2.56. The predicted octanol–water partition coefficient (Wildman–Crippen LogP) is 4.89. The van der Waals surface area contributed by atoms with Crippen molar-refractivity contribution in [3.05, 3.63) is 96.1 Å². The van der Waals surface area contributed by atoms with Crippen molar-refractivity contribution in [2.45, 2.75) is 31.3 Å². The number of carbonyl (C=O) groups excluding carboxylic acids is 1. The number of hydrogen-bond donors (Lipinski definition) is 0. The summed E-state index contributed by atoms with van der Waals surface area (Å²) in [5.41, 5.74) is 4.41. The quantitative estimate of drug-likeness (QED) is 0.613. The Balaban J connectivity index is 1.35. The van der Waals surface area contributed by atoms with Crippen LogP contribution in [0.5, 0.6) is 0 Å². The molecule has 1 amide bonds. The minimum absolute atomic E-state index is 0.158. The third-order valence-corrected chi connectivity index (χ3v) is 6.39. The van der Waals surface area contributed by atoms with Crippen LogP contribution in [0.2, 0.25) is 0 Å². The Morgan fingerprint density at radius 2 is 1.40 bits per heavy atom. The van der Waals surface area contributed by atoms with Crippen molar-refractivity contribution in [3.8, 4) is 11.1 Å². The van der Waals surface area contributed by atoms with Gasteiger partial charge >= 0.3 is 0 Å². The van der Waals surface area contributed by atoms with E-state index in [-0.39, 0.29) is 11.9 Å². The van der Waals surface area contributed by atoms with Crippen LogP contribution >= 0.6 is 0 Å². The van der Waals surface area contributed by atoms with Crippen molar-refractivity contribution in [3.63, 3.8) is 0 Å². The van der Waals surface area contributed by atoms with E-state index in [1.54, 1.807) is 0 Å². The zero-order valence-electron chi connectivity index (χ0n) is 17.3. The molecule has 0 bridgehead atoms. The molecule has 3 aromatic rings. The number of amides is 1. The summed E-state index contributed by atoms with van der Waals surface area (Å²) in [7, 11) is 0. The average Bonchev–Trinajstić information content (AvgIpc) is 3.66. The van der Waals surface area contributed by atoms with Crippen molar-refractivity contribution in [2.24, 2.45) is 0 Å². The van der Waals surface area contributed by atoms with E-state index in [1.165, 1.54) is 24.0 Å². The van der Waals surface area contributed by atoms with Gasteiger partial charge < -0.3 is 4.90 Å². The van der Waals surface area contributed by atoms with E-state index in [1.807, 2.05) is 30.3 Å². The maximum absolute atomic E-state index is 13.4. The first-order valence-electron chi connectivity index (χ1n) is 11.0. The Kier molecular flexibility index (Phi) is 5.37. The second kappa shape index (κ2) is 8.45. The Morgan fingerprint density at radius 3 is 2.07 bits per heavy atom. The summed E-state index contributed by atoms with van der Waals surface area (Å²) >= 11 is 0. The topological polar surface area (TPSA) is 23.6 Å². The van der Waals surface area contributed by atoms with Gasteiger partial charge in [-0.05, 0) is 48.1 Å². The molecule has 0 N–H and O–H groups in total. The molecule has 3 nitrogen and oxygen atoms in total. The fraction of sp³-hybridized carbons (Fsp3) is 0.296. The van der Waals surface area contributed by atoms with Crippen LogP contribution in [0.3, 0.4) is 0 Å². The molecule has 1 saturated carbocycles. The number of hydrogen-bond acceptors (Lipinski definition) is 2. The van der Waals surface area contributed by atoms with Gasteiger partial charge in [0.15, 0.2) is 0 Å². The molecule has 1 unspecified atom stereocenters. The van der Waals surface area contributed by atoms with E-state index < -0.39 is 0 Å². The van der Waals surface area contributed by atoms with Crippen molar-refractivity contribution in [1.29, 1.82) is 0 Å². The molecule has 2 fully saturated rings. The number of piperazine rings is 1. The Morgan fingerprint density at radius 1 is 0.767 bits per heavy atom. The number of carbonyl (C=O) groups is 1. The molecule has 2 aliphatic rings. The first-order valence-corrected chi connectivity index (χ1v) is 11.0. The van der Waals surface area contributed by atoms with Crippen molar-refractivity contribution in [1.82, 2.24) is 9.80 Å². The monoisotopic (exact) mass is 396 g/mol. The van der Waals surface area contributed by atoms with E-state index >= 15 is 0 Å². The lowest BCUT2D eigenvalue weighted by molar-refractivity contribution is 0.0437. The third kappa shape index (κ3) is 4.17. The molecule has 0 radical (unpaired) electrons. The van der Waals surface area contributed by atoms with Crippen LogP contribution in [0, 0.1) is 0 Å². The highest BCUT2D eigenvalue weighted by molar-refractivity contribution is 5.95. The summed E-state index contributed by atoms with van der Waals surface area (Å²) in [4.78, 5) is 18.2. The van der Waals surface area contributed by atoms with Crippen LogP contribution < -0.4 is 0 Å². The number of rotatable bonds is 5. The molecular formula is C27H28N2O. The van der Waals surface area contributed by atoms with Crippen molar-refractivity contribution >= 4 is 5.91 Å². The molecule has 0 aromatic heterocycles. The minimum Gasteiger partial charge on any atom is -0.333 e. The van der Waals surface area contributed by atoms with Gasteiger partial charge in [-0.3, -0.25) is 9.69 Å². The van der Waals surface area contributed by atoms with Gasteiger partial charge in [0.05, 0.1) is 0 Å². The summed E-state index contributed by atoms with van der Waals surface area (Å²) in [5.74, 6) is 0.158. The molecule has 3 aromatic carbocycles. The van der Waals surface area contributed by atoms with Gasteiger partial charge in [0, 0.05) is 37.3 Å². The van der Waals surface area contributed by atoms with E-state index in [2.05, 4.69) is 64.4 Å². The van der Waals surface area contributed by atoms with Crippen LogP contribution in [-0.2, 0) is 6.42 Å². The molecule has 3 heteroatoms. The largest absolute Gasteiger partial charge is 0.333 e. The number of benzene rings is 3. The highest BCUT2D eigenvalue weighted by Crippen LogP contribution is 2.30. The maximum Gasteiger partial charge on any atom is 0.254 e. The van der Waals surface area contributed by atoms with Gasteiger partial charge in [-0.1, -0.05) is 72.8 Å². The summed E-state index contributed by atoms with van der Waals surface area (Å²) in [6.45, 7) is 2.78. The fourth-order valence-electron chi connectivity index (χ4n) is 4.58. The van der Waals surface area contributed by atoms with Crippen LogP contribution in [0.1, 0.15) is 28.8 Å². The van der Waals surface area contributed by atoms with E-state index in [0.717, 1.165) is 43.2 Å². The lowest BCUT2D eigenvalue weighted by atomic mass is 9.99. The van der Waals surface area contributed by atoms with Crippen LogP contribution in [0.25, 0.3) is 11.1 Å². The van der Waals surface area contributed by atoms with Gasteiger partial charge in [0.1, 0.15) is 0 Å². The zero-order valence-corrected chi connectivity index (χ0v) is 17.3. The minimum atomic E-state index is 0.158. The third-order valence-electron chi connectivity index (χ3n) is 6.39. The standard InChI is InChI=1S/C27H28N2O/c30-27(24-13-11-23(12-14-24)22-9-5-2-6-10-22)29-18-17-28(25-15-16-25)20-26(29)19-21-7-3-1-4-8-21/h1-14,25-26H,15-20H2. The summed E-state index contributed by atoms with van der Waals surface area (Å²) in [6.07, 6.45) is 3.54. The molecule has 1 aliphatic heterocycles. The molecule has 1 heterocycles. The first kappa shape index (κ1) is 19.1. The van der Waals surface area contributed by atoms with E-state index in [9.17, 15) is 4.79 Å². The highest BCUT2D eigenvalue weighted by Gasteiger charge is 2.37. The normalized spacial score (nSPS) is 19.6. The number of nitrogens with zero attached hydrogens (tertiary/aromatic N) is 2. The smallest absolute Gasteiger partial charge is 0.254 e. The highest BCUT2D eigenvalue weighted by atomic mass is 16.2. The molecule has 1 atom stereocenters. The maximum atomic E-state index is 13.4. The Hall–Kier alpha value is -2.91. The Labute approximate surface area is 178 Å². The zero-order chi connectivity index (χ0) is 20.3. The van der Waals surface area contributed by atoms with Gasteiger partial charge in [-0.25, -0.2) is 0 Å². The molecule has 0 spiro atoms. The molecule has 152 valence electrons. The van der Waals surface area contributed by atoms with Gasteiger partial charge in [0.25, 0.3) is 5.91 Å². The van der Waals surface area contributed by atoms with Crippen LogP contribution in [0.15, 0.2) is 84.9 Å². The molecule has 1 saturated heterocycles. The van der Waals surface area contributed by atoms with Gasteiger partial charge in [-0.2, -0.15) is 0 Å². The SMILES string of the molecule is O=C(c1ccc(-c2ccccc2)cc1)N1CCN(C2CC2)CC1Cc1ccccc1. The summed E-state index contributed by atoms with van der Waals surface area (Å²) < 4.78 is 0. The van der Waals surface area contributed by atoms with E-state index in [0.29, 0.717) is 0 Å². The van der Waals surface area contributed by atoms with Gasteiger partial charge in [-0.15, -0.1) is 0 Å². The van der Waals surface area contributed by atoms with Gasteiger partial charge in [0.2, 0.25) is 0 Å². The molecule has 1 aliphatic carbocycles. The second-order valence-corrected chi connectivity index (χ2v) is 8.51. The fourth-order valence-corrected chi connectivity index (χ4v) is 4.58. The summed E-state index contributed by atoms with van der Waals surface area (Å²) in [6, 6.07) is 30.0. The second-order valence-electron chi connectivity index (χ2n) is 8.51. The molecule has 30 heavy (non-hydrogen) atoms. The van der Waals surface area contributed by atoms with Crippen LogP contribution in [-0.4, -0.2) is 47.4 Å². The lowest BCUT2D eigenvalue weighted by Gasteiger charge is -2.42. The predicted molar refractivity (Wildman–Crippen MR) is 121 cm³/mol. The van der Waals surface area contributed by atoms with Crippen LogP contribution in [0.4, 0.5) is 0 Å². The van der Waals surface area contributed by atoms with Crippen molar-refractivity contribution < 1.29 is 4.79 Å². The average molecular weight is 397 g/mol. The Bertz CT molecular complexity index is 980.